The highest BCUT2D eigenvalue weighted by Crippen LogP contribution is 2.50. The van der Waals surface area contributed by atoms with E-state index in [0.717, 1.165) is 39.8 Å². The molecule has 2 heterocycles. The second-order valence-corrected chi connectivity index (χ2v) is 14.0. The maximum Gasteiger partial charge on any atom is 0.0661 e. The predicted molar refractivity (Wildman–Crippen MR) is 223 cm³/mol. The lowest BCUT2D eigenvalue weighted by Gasteiger charge is -2.27. The molecule has 2 aromatic heterocycles. The second-order valence-electron chi connectivity index (χ2n) is 13.0. The normalized spacial score (nSPS) is 11.5. The number of para-hydroxylation sites is 6. The molecule has 0 saturated carbocycles. The molecular weight excluding hydrogens is 651 g/mol. The van der Waals surface area contributed by atoms with Crippen molar-refractivity contribution < 1.29 is 0 Å². The van der Waals surface area contributed by atoms with Gasteiger partial charge in [-0.15, -0.1) is 11.3 Å². The summed E-state index contributed by atoms with van der Waals surface area (Å²) in [7, 11) is 0. The van der Waals surface area contributed by atoms with Gasteiger partial charge in [-0.3, -0.25) is 0 Å². The van der Waals surface area contributed by atoms with Gasteiger partial charge >= 0.3 is 0 Å². The summed E-state index contributed by atoms with van der Waals surface area (Å²) in [5, 5.41) is 4.95. The Morgan fingerprint density at radius 2 is 0.808 bits per heavy atom. The zero-order chi connectivity index (χ0) is 34.4. The predicted octanol–water partition coefficient (Wildman–Crippen LogP) is 14.1. The van der Waals surface area contributed by atoms with Gasteiger partial charge in [-0.1, -0.05) is 115 Å². The van der Waals surface area contributed by atoms with E-state index in [-0.39, 0.29) is 0 Å². The number of nitrogens with zero attached hydrogens (tertiary/aromatic N) is 3. The molecule has 52 heavy (non-hydrogen) atoms. The molecule has 0 amide bonds. The number of hydrogen-bond acceptors (Lipinski definition) is 3. The molecular formula is C48H33N3S. The Hall–Kier alpha value is -6.62. The molecule has 10 aromatic rings. The number of rotatable bonds is 7. The van der Waals surface area contributed by atoms with Crippen molar-refractivity contribution in [2.24, 2.45) is 0 Å². The molecule has 246 valence electrons. The van der Waals surface area contributed by atoms with E-state index >= 15 is 0 Å². The van der Waals surface area contributed by atoms with Crippen LogP contribution in [0, 0.1) is 0 Å². The number of benzene rings is 8. The first-order valence-electron chi connectivity index (χ1n) is 17.6. The maximum absolute atomic E-state index is 2.44. The first-order valence-corrected chi connectivity index (χ1v) is 18.4. The minimum absolute atomic E-state index is 1.11. The Labute approximate surface area is 306 Å². The molecule has 0 unspecified atom stereocenters. The fourth-order valence-electron chi connectivity index (χ4n) is 7.72. The topological polar surface area (TPSA) is 11.4 Å². The molecule has 0 atom stereocenters. The largest absolute Gasteiger partial charge is 0.310 e. The lowest BCUT2D eigenvalue weighted by molar-refractivity contribution is 1.18. The standard InChI is InChI=1S/C48H33N3S/c1-5-18-34(19-6-1)49(35-20-7-2-8-21-35)44-30-17-31-46-47(44)41-32-38(51-42-28-15-13-26-39(42)40-27-14-16-29-43(40)51)33-45(48(41)52-46)50(36-22-9-3-10-23-36)37-24-11-4-12-25-37/h1-33H. The highest BCUT2D eigenvalue weighted by atomic mass is 32.1. The van der Waals surface area contributed by atoms with Crippen molar-refractivity contribution in [3.8, 4) is 5.69 Å². The van der Waals surface area contributed by atoms with Gasteiger partial charge in [-0.05, 0) is 84.9 Å². The summed E-state index contributed by atoms with van der Waals surface area (Å²) in [4.78, 5) is 4.81. The van der Waals surface area contributed by atoms with Crippen LogP contribution in [0.15, 0.2) is 200 Å². The number of thiophene rings is 1. The van der Waals surface area contributed by atoms with Gasteiger partial charge in [0.05, 0.1) is 27.1 Å². The van der Waals surface area contributed by atoms with Crippen molar-refractivity contribution in [1.82, 2.24) is 4.57 Å². The number of aromatic nitrogens is 1. The summed E-state index contributed by atoms with van der Waals surface area (Å²) in [6.07, 6.45) is 0. The van der Waals surface area contributed by atoms with Gasteiger partial charge in [-0.2, -0.15) is 0 Å². The first kappa shape index (κ1) is 30.2. The number of anilines is 6. The maximum atomic E-state index is 2.44. The minimum Gasteiger partial charge on any atom is -0.310 e. The Morgan fingerprint density at radius 1 is 0.365 bits per heavy atom. The molecule has 0 aliphatic heterocycles. The summed E-state index contributed by atoms with van der Waals surface area (Å²) >= 11 is 1.86. The monoisotopic (exact) mass is 683 g/mol. The molecule has 10 rings (SSSR count). The van der Waals surface area contributed by atoms with Crippen LogP contribution >= 0.6 is 11.3 Å². The van der Waals surface area contributed by atoms with Crippen molar-refractivity contribution in [3.63, 3.8) is 0 Å². The molecule has 0 saturated heterocycles. The molecule has 0 aliphatic carbocycles. The first-order chi connectivity index (χ1) is 25.8. The van der Waals surface area contributed by atoms with Gasteiger partial charge < -0.3 is 14.4 Å². The Morgan fingerprint density at radius 3 is 1.31 bits per heavy atom. The smallest absolute Gasteiger partial charge is 0.0661 e. The molecule has 0 aliphatic rings. The van der Waals surface area contributed by atoms with Gasteiger partial charge in [0, 0.05) is 54.7 Å². The molecule has 0 bridgehead atoms. The lowest BCUT2D eigenvalue weighted by Crippen LogP contribution is -2.11. The number of hydrogen-bond donors (Lipinski definition) is 0. The van der Waals surface area contributed by atoms with Gasteiger partial charge in [0.15, 0.2) is 0 Å². The SMILES string of the molecule is c1ccc(N(c2ccccc2)c2cc(-n3c4ccccc4c4ccccc43)cc3c2sc2cccc(N(c4ccccc4)c4ccccc4)c23)cc1. The number of fused-ring (bicyclic) bond motifs is 6. The summed E-state index contributed by atoms with van der Waals surface area (Å²) in [6.45, 7) is 0. The van der Waals surface area contributed by atoms with Crippen LogP contribution in [-0.4, -0.2) is 4.57 Å². The third-order valence-electron chi connectivity index (χ3n) is 9.92. The van der Waals surface area contributed by atoms with Crippen molar-refractivity contribution in [3.05, 3.63) is 200 Å². The highest BCUT2D eigenvalue weighted by molar-refractivity contribution is 7.26. The van der Waals surface area contributed by atoms with E-state index in [2.05, 4.69) is 215 Å². The van der Waals surface area contributed by atoms with Gasteiger partial charge in [0.1, 0.15) is 0 Å². The third kappa shape index (κ3) is 4.96. The molecule has 8 aromatic carbocycles. The van der Waals surface area contributed by atoms with E-state index in [4.69, 9.17) is 0 Å². The van der Waals surface area contributed by atoms with Crippen LogP contribution in [-0.2, 0) is 0 Å². The zero-order valence-corrected chi connectivity index (χ0v) is 29.1. The van der Waals surface area contributed by atoms with E-state index in [1.807, 2.05) is 11.3 Å². The molecule has 0 fully saturated rings. The summed E-state index contributed by atoms with van der Waals surface area (Å²) in [6, 6.07) is 72.0. The van der Waals surface area contributed by atoms with E-state index in [1.165, 1.54) is 42.0 Å². The third-order valence-corrected chi connectivity index (χ3v) is 11.1. The fourth-order valence-corrected chi connectivity index (χ4v) is 8.93. The van der Waals surface area contributed by atoms with E-state index < -0.39 is 0 Å². The average Bonchev–Trinajstić information content (AvgIpc) is 3.76. The van der Waals surface area contributed by atoms with Crippen molar-refractivity contribution >= 4 is 87.4 Å². The quantitative estimate of drug-likeness (QED) is 0.166. The molecule has 0 spiro atoms. The van der Waals surface area contributed by atoms with Gasteiger partial charge in [-0.25, -0.2) is 0 Å². The molecule has 0 N–H and O–H groups in total. The van der Waals surface area contributed by atoms with Crippen molar-refractivity contribution in [2.75, 3.05) is 9.80 Å². The van der Waals surface area contributed by atoms with Crippen LogP contribution in [0.5, 0.6) is 0 Å². The van der Waals surface area contributed by atoms with E-state index in [1.54, 1.807) is 0 Å². The zero-order valence-electron chi connectivity index (χ0n) is 28.3. The van der Waals surface area contributed by atoms with Crippen LogP contribution < -0.4 is 9.80 Å². The highest BCUT2D eigenvalue weighted by Gasteiger charge is 2.24. The Bertz CT molecular complexity index is 2710. The summed E-state index contributed by atoms with van der Waals surface area (Å²) in [5.74, 6) is 0. The fraction of sp³-hybridized carbons (Fsp3) is 0. The van der Waals surface area contributed by atoms with Crippen LogP contribution in [0.3, 0.4) is 0 Å². The average molecular weight is 684 g/mol. The van der Waals surface area contributed by atoms with E-state index in [0.29, 0.717) is 0 Å². The lowest BCUT2D eigenvalue weighted by atomic mass is 10.1. The van der Waals surface area contributed by atoms with Gasteiger partial charge in [0.2, 0.25) is 0 Å². The van der Waals surface area contributed by atoms with Crippen molar-refractivity contribution in [2.45, 2.75) is 0 Å². The summed E-state index contributed by atoms with van der Waals surface area (Å²) in [5.41, 5.74) is 10.3. The minimum atomic E-state index is 1.11. The van der Waals surface area contributed by atoms with Crippen LogP contribution in [0.25, 0.3) is 47.7 Å². The Kier molecular flexibility index (Phi) is 7.33. The second kappa shape index (κ2) is 12.6. The van der Waals surface area contributed by atoms with Crippen molar-refractivity contribution in [1.29, 1.82) is 0 Å². The van der Waals surface area contributed by atoms with Crippen LogP contribution in [0.4, 0.5) is 34.1 Å². The molecule has 0 radical (unpaired) electrons. The molecule has 4 heteroatoms. The molecule has 3 nitrogen and oxygen atoms in total. The van der Waals surface area contributed by atoms with Crippen LogP contribution in [0.2, 0.25) is 0 Å². The van der Waals surface area contributed by atoms with Crippen LogP contribution in [0.1, 0.15) is 0 Å². The van der Waals surface area contributed by atoms with E-state index in [9.17, 15) is 0 Å². The Balaban J connectivity index is 1.35. The van der Waals surface area contributed by atoms with Gasteiger partial charge in [0.25, 0.3) is 0 Å². The summed E-state index contributed by atoms with van der Waals surface area (Å²) < 4.78 is 4.92.